The van der Waals surface area contributed by atoms with E-state index in [1.54, 1.807) is 12.1 Å². The number of sulfonamides is 1. The van der Waals surface area contributed by atoms with Gasteiger partial charge in [0.05, 0.1) is 11.9 Å². The van der Waals surface area contributed by atoms with Crippen molar-refractivity contribution in [2.24, 2.45) is 0 Å². The summed E-state index contributed by atoms with van der Waals surface area (Å²) in [6, 6.07) is 13.9. The summed E-state index contributed by atoms with van der Waals surface area (Å²) in [5, 5.41) is 2.88. The first kappa shape index (κ1) is 26.4. The quantitative estimate of drug-likeness (QED) is 0.573. The number of aryl methyl sites for hydroxylation is 1. The number of anilines is 1. The van der Waals surface area contributed by atoms with Gasteiger partial charge in [0.1, 0.15) is 12.6 Å². The number of hydrogen-bond donors (Lipinski definition) is 1. The first-order chi connectivity index (χ1) is 15.5. The van der Waals surface area contributed by atoms with Crippen molar-refractivity contribution in [3.8, 4) is 0 Å². The molecule has 0 saturated carbocycles. The summed E-state index contributed by atoms with van der Waals surface area (Å²) in [6.07, 6.45) is 1.49. The third kappa shape index (κ3) is 7.05. The van der Waals surface area contributed by atoms with Crippen LogP contribution in [-0.4, -0.2) is 50.0 Å². The van der Waals surface area contributed by atoms with Crippen molar-refractivity contribution in [1.29, 1.82) is 0 Å². The molecule has 2 rings (SSSR count). The molecule has 0 radical (unpaired) electrons. The average molecular weight is 474 g/mol. The van der Waals surface area contributed by atoms with Gasteiger partial charge in [-0.05, 0) is 56.9 Å². The van der Waals surface area contributed by atoms with Crippen LogP contribution in [0.3, 0.4) is 0 Å². The van der Waals surface area contributed by atoms with Crippen LogP contribution in [0.2, 0.25) is 0 Å². The van der Waals surface area contributed by atoms with E-state index >= 15 is 0 Å². The molecule has 1 unspecified atom stereocenters. The lowest BCUT2D eigenvalue weighted by molar-refractivity contribution is -0.140. The zero-order chi connectivity index (χ0) is 24.8. The van der Waals surface area contributed by atoms with Gasteiger partial charge in [0, 0.05) is 12.6 Å². The molecule has 0 bridgehead atoms. The normalized spacial score (nSPS) is 12.3. The standard InChI is InChI=1S/C25H35N3O4S/c1-7-22(25(30)26-18(2)3)27(16-21-13-9-8-10-14-21)24(29)17-28(33(6,31)32)23-15-11-12-19(4)20(23)5/h8-15,18,22H,7,16-17H2,1-6H3,(H,26,30). The second-order valence-corrected chi connectivity index (χ2v) is 10.5. The Labute approximate surface area is 197 Å². The molecule has 0 aliphatic heterocycles. The van der Waals surface area contributed by atoms with Crippen molar-refractivity contribution in [2.45, 2.75) is 59.7 Å². The maximum absolute atomic E-state index is 13.6. The van der Waals surface area contributed by atoms with Gasteiger partial charge in [-0.1, -0.05) is 49.4 Å². The topological polar surface area (TPSA) is 86.8 Å². The lowest BCUT2D eigenvalue weighted by atomic mass is 10.1. The average Bonchev–Trinajstić information content (AvgIpc) is 2.73. The third-order valence-corrected chi connectivity index (χ3v) is 6.66. The van der Waals surface area contributed by atoms with Gasteiger partial charge in [-0.3, -0.25) is 13.9 Å². The van der Waals surface area contributed by atoms with Crippen LogP contribution in [0.4, 0.5) is 5.69 Å². The minimum absolute atomic E-state index is 0.0808. The van der Waals surface area contributed by atoms with E-state index in [1.165, 1.54) is 4.90 Å². The molecule has 8 heteroatoms. The van der Waals surface area contributed by atoms with Gasteiger partial charge in [-0.25, -0.2) is 8.42 Å². The number of carbonyl (C=O) groups is 2. The lowest BCUT2D eigenvalue weighted by Gasteiger charge is -2.33. The highest BCUT2D eigenvalue weighted by molar-refractivity contribution is 7.92. The summed E-state index contributed by atoms with van der Waals surface area (Å²) in [5.41, 5.74) is 3.04. The van der Waals surface area contributed by atoms with E-state index < -0.39 is 22.0 Å². The van der Waals surface area contributed by atoms with E-state index in [-0.39, 0.29) is 25.0 Å². The molecule has 0 aromatic heterocycles. The van der Waals surface area contributed by atoms with Crippen LogP contribution in [-0.2, 0) is 26.2 Å². The fraction of sp³-hybridized carbons (Fsp3) is 0.440. The predicted octanol–water partition coefficient (Wildman–Crippen LogP) is 3.40. The summed E-state index contributed by atoms with van der Waals surface area (Å²) in [5.74, 6) is -0.689. The molecule has 0 fully saturated rings. The van der Waals surface area contributed by atoms with Gasteiger partial charge in [0.25, 0.3) is 0 Å². The number of nitrogens with zero attached hydrogens (tertiary/aromatic N) is 2. The molecule has 0 heterocycles. The summed E-state index contributed by atoms with van der Waals surface area (Å²) in [4.78, 5) is 28.0. The second kappa shape index (κ2) is 11.3. The molecule has 2 aromatic rings. The summed E-state index contributed by atoms with van der Waals surface area (Å²) in [7, 11) is -3.75. The van der Waals surface area contributed by atoms with Crippen molar-refractivity contribution in [1.82, 2.24) is 10.2 Å². The van der Waals surface area contributed by atoms with Crippen LogP contribution in [0.5, 0.6) is 0 Å². The number of benzene rings is 2. The molecule has 0 spiro atoms. The Morgan fingerprint density at radius 1 is 1.00 bits per heavy atom. The number of amides is 2. The maximum Gasteiger partial charge on any atom is 0.244 e. The highest BCUT2D eigenvalue weighted by atomic mass is 32.2. The van der Waals surface area contributed by atoms with E-state index in [4.69, 9.17) is 0 Å². The van der Waals surface area contributed by atoms with Crippen LogP contribution in [0.1, 0.15) is 43.9 Å². The van der Waals surface area contributed by atoms with Gasteiger partial charge < -0.3 is 10.2 Å². The van der Waals surface area contributed by atoms with Crippen molar-refractivity contribution in [3.05, 3.63) is 65.2 Å². The van der Waals surface area contributed by atoms with Crippen LogP contribution in [0, 0.1) is 13.8 Å². The van der Waals surface area contributed by atoms with Gasteiger partial charge in [0.2, 0.25) is 21.8 Å². The first-order valence-corrected chi connectivity index (χ1v) is 13.0. The fourth-order valence-corrected chi connectivity index (χ4v) is 4.58. The van der Waals surface area contributed by atoms with Gasteiger partial charge in [-0.2, -0.15) is 0 Å². The lowest BCUT2D eigenvalue weighted by Crippen LogP contribution is -2.53. The number of carbonyl (C=O) groups excluding carboxylic acids is 2. The molecule has 2 amide bonds. The minimum Gasteiger partial charge on any atom is -0.352 e. The summed E-state index contributed by atoms with van der Waals surface area (Å²) < 4.78 is 26.5. The Kier molecular flexibility index (Phi) is 9.05. The van der Waals surface area contributed by atoms with Crippen LogP contribution in [0.15, 0.2) is 48.5 Å². The van der Waals surface area contributed by atoms with Crippen molar-refractivity contribution in [2.75, 3.05) is 17.1 Å². The number of hydrogen-bond acceptors (Lipinski definition) is 4. The van der Waals surface area contributed by atoms with Gasteiger partial charge in [0.15, 0.2) is 0 Å². The largest absolute Gasteiger partial charge is 0.352 e. The molecule has 180 valence electrons. The molecule has 33 heavy (non-hydrogen) atoms. The van der Waals surface area contributed by atoms with E-state index in [0.29, 0.717) is 12.1 Å². The number of rotatable bonds is 10. The molecule has 1 N–H and O–H groups in total. The van der Waals surface area contributed by atoms with E-state index in [0.717, 1.165) is 27.3 Å². The molecule has 0 aliphatic carbocycles. The molecule has 0 saturated heterocycles. The Balaban J connectivity index is 2.46. The molecule has 2 aromatic carbocycles. The second-order valence-electron chi connectivity index (χ2n) is 8.58. The molecule has 7 nitrogen and oxygen atoms in total. The van der Waals surface area contributed by atoms with Crippen molar-refractivity contribution >= 4 is 27.5 Å². The molecular weight excluding hydrogens is 438 g/mol. The molecular formula is C25H35N3O4S. The summed E-state index contributed by atoms with van der Waals surface area (Å²) >= 11 is 0. The zero-order valence-electron chi connectivity index (χ0n) is 20.3. The Morgan fingerprint density at radius 2 is 1.64 bits per heavy atom. The molecule has 1 atom stereocenters. The Bertz CT molecular complexity index is 1070. The van der Waals surface area contributed by atoms with Crippen LogP contribution in [0.25, 0.3) is 0 Å². The summed E-state index contributed by atoms with van der Waals surface area (Å²) in [6.45, 7) is 9.11. The van der Waals surface area contributed by atoms with E-state index in [2.05, 4.69) is 5.32 Å². The fourth-order valence-electron chi connectivity index (χ4n) is 3.68. The maximum atomic E-state index is 13.6. The SMILES string of the molecule is CCC(C(=O)NC(C)C)N(Cc1ccccc1)C(=O)CN(c1cccc(C)c1C)S(C)(=O)=O. The Hall–Kier alpha value is -2.87. The van der Waals surface area contributed by atoms with Gasteiger partial charge in [-0.15, -0.1) is 0 Å². The number of nitrogens with one attached hydrogen (secondary N) is 1. The van der Waals surface area contributed by atoms with Crippen molar-refractivity contribution < 1.29 is 18.0 Å². The highest BCUT2D eigenvalue weighted by Gasteiger charge is 2.32. The Morgan fingerprint density at radius 3 is 2.18 bits per heavy atom. The minimum atomic E-state index is -3.75. The van der Waals surface area contributed by atoms with E-state index in [1.807, 2.05) is 71.0 Å². The monoisotopic (exact) mass is 473 g/mol. The van der Waals surface area contributed by atoms with Gasteiger partial charge >= 0.3 is 0 Å². The zero-order valence-corrected chi connectivity index (χ0v) is 21.1. The third-order valence-electron chi connectivity index (χ3n) is 5.54. The predicted molar refractivity (Wildman–Crippen MR) is 132 cm³/mol. The van der Waals surface area contributed by atoms with Crippen molar-refractivity contribution in [3.63, 3.8) is 0 Å². The van der Waals surface area contributed by atoms with Crippen LogP contribution >= 0.6 is 0 Å². The molecule has 0 aliphatic rings. The first-order valence-electron chi connectivity index (χ1n) is 11.1. The highest BCUT2D eigenvalue weighted by Crippen LogP contribution is 2.25. The smallest absolute Gasteiger partial charge is 0.244 e. The van der Waals surface area contributed by atoms with E-state index in [9.17, 15) is 18.0 Å². The van der Waals surface area contributed by atoms with Crippen LogP contribution < -0.4 is 9.62 Å².